The Balaban J connectivity index is 1.32. The van der Waals surface area contributed by atoms with Crippen LogP contribution in [0.1, 0.15) is 49.9 Å². The topological polar surface area (TPSA) is 38.7 Å². The van der Waals surface area contributed by atoms with Gasteiger partial charge in [0.25, 0.3) is 0 Å². The van der Waals surface area contributed by atoms with Gasteiger partial charge in [-0.3, -0.25) is 0 Å². The Morgan fingerprint density at radius 3 is 1.28 bits per heavy atom. The summed E-state index contributed by atoms with van der Waals surface area (Å²) in [6.45, 7) is 9.10. The molecule has 0 unspecified atom stereocenters. The summed E-state index contributed by atoms with van der Waals surface area (Å²) in [5.74, 6) is 0. The lowest BCUT2D eigenvalue weighted by Crippen LogP contribution is -2.15. The van der Waals surface area contributed by atoms with Gasteiger partial charge in [0.05, 0.1) is 34.2 Å². The maximum absolute atomic E-state index is 5.12. The molecule has 0 spiro atoms. The molecule has 0 N–H and O–H groups in total. The molecular weight excluding hydrogens is 438 g/mol. The van der Waals surface area contributed by atoms with Crippen LogP contribution in [0.4, 0.5) is 0 Å². The van der Waals surface area contributed by atoms with E-state index in [1.807, 2.05) is 12.1 Å². The number of benzene rings is 2. The Labute approximate surface area is 211 Å². The van der Waals surface area contributed by atoms with Crippen LogP contribution in [0.5, 0.6) is 0 Å². The first-order valence-corrected chi connectivity index (χ1v) is 12.6. The van der Waals surface area contributed by atoms with E-state index < -0.39 is 0 Å². The molecule has 2 aliphatic carbocycles. The lowest BCUT2D eigenvalue weighted by molar-refractivity contribution is 0.659. The van der Waals surface area contributed by atoms with Crippen molar-refractivity contribution >= 4 is 0 Å². The predicted octanol–water partition coefficient (Wildman–Crippen LogP) is 7.82. The summed E-state index contributed by atoms with van der Waals surface area (Å²) >= 11 is 0. The lowest BCUT2D eigenvalue weighted by atomic mass is 9.83. The zero-order valence-electron chi connectivity index (χ0n) is 21.0. The third-order valence-electron chi connectivity index (χ3n) is 8.12. The minimum Gasteiger partial charge on any atom is -0.246 e. The van der Waals surface area contributed by atoms with Gasteiger partial charge in [-0.05, 0) is 46.5 Å². The van der Waals surface area contributed by atoms with E-state index in [1.165, 1.54) is 33.4 Å². The van der Waals surface area contributed by atoms with Crippen molar-refractivity contribution in [3.63, 3.8) is 0 Å². The molecule has 0 saturated heterocycles. The molecule has 0 fully saturated rings. The van der Waals surface area contributed by atoms with Gasteiger partial charge in [-0.15, -0.1) is 0 Å². The van der Waals surface area contributed by atoms with Gasteiger partial charge in [-0.1, -0.05) is 94.4 Å². The number of nitrogens with zero attached hydrogens (tertiary/aromatic N) is 3. The molecule has 0 aliphatic heterocycles. The Morgan fingerprint density at radius 2 is 0.806 bits per heavy atom. The van der Waals surface area contributed by atoms with E-state index in [0.717, 1.165) is 34.2 Å². The molecular formula is C33H27N3. The van der Waals surface area contributed by atoms with Crippen LogP contribution in [0.25, 0.3) is 45.3 Å². The molecule has 3 heterocycles. The molecule has 2 aromatic carbocycles. The fraction of sp³-hybridized carbons (Fsp3) is 0.182. The Morgan fingerprint density at radius 1 is 0.389 bits per heavy atom. The fourth-order valence-corrected chi connectivity index (χ4v) is 6.10. The van der Waals surface area contributed by atoms with Crippen molar-refractivity contribution in [2.75, 3.05) is 0 Å². The maximum atomic E-state index is 5.12. The van der Waals surface area contributed by atoms with Crippen molar-refractivity contribution in [3.05, 3.63) is 113 Å². The number of fused-ring (bicyclic) bond motifs is 6. The van der Waals surface area contributed by atoms with Crippen LogP contribution in [0.3, 0.4) is 0 Å². The summed E-state index contributed by atoms with van der Waals surface area (Å²) in [5, 5.41) is 0. The van der Waals surface area contributed by atoms with Crippen LogP contribution in [0.2, 0.25) is 0 Å². The molecule has 0 radical (unpaired) electrons. The predicted molar refractivity (Wildman–Crippen MR) is 146 cm³/mol. The summed E-state index contributed by atoms with van der Waals surface area (Å²) in [5.41, 5.74) is 13.2. The van der Waals surface area contributed by atoms with Crippen LogP contribution in [0, 0.1) is 0 Å². The Hall–Kier alpha value is -4.11. The minimum atomic E-state index is -0.0505. The van der Waals surface area contributed by atoms with Crippen LogP contribution < -0.4 is 0 Å². The standard InChI is InChI=1S/C33H27N3/c1-32(2)22-12-7-5-10-20(22)30-24(32)16-18-28(35-30)26-14-9-15-27(34-26)29-19-17-25-31(36-29)21-11-6-8-13-23(21)33(25,3)4/h5-19H,1-4H3. The normalized spacial score (nSPS) is 15.7. The van der Waals surface area contributed by atoms with Gasteiger partial charge < -0.3 is 0 Å². The van der Waals surface area contributed by atoms with E-state index in [-0.39, 0.29) is 10.8 Å². The maximum Gasteiger partial charge on any atom is 0.0894 e. The number of aromatic nitrogens is 3. The zero-order valence-corrected chi connectivity index (χ0v) is 21.0. The molecule has 3 nitrogen and oxygen atoms in total. The number of hydrogen-bond acceptors (Lipinski definition) is 3. The SMILES string of the molecule is CC1(C)c2ccccc2-c2nc(-c3cccc(-c4ccc5c(n4)-c4ccccc4C5(C)C)n3)ccc21. The molecule has 3 heteroatoms. The third-order valence-corrected chi connectivity index (χ3v) is 8.12. The van der Waals surface area contributed by atoms with E-state index in [4.69, 9.17) is 15.0 Å². The summed E-state index contributed by atoms with van der Waals surface area (Å²) in [4.78, 5) is 15.3. The van der Waals surface area contributed by atoms with E-state index >= 15 is 0 Å². The van der Waals surface area contributed by atoms with Crippen LogP contribution in [0.15, 0.2) is 91.0 Å². The van der Waals surface area contributed by atoms with Crippen molar-refractivity contribution in [3.8, 4) is 45.3 Å². The first kappa shape index (κ1) is 21.2. The van der Waals surface area contributed by atoms with Gasteiger partial charge >= 0.3 is 0 Å². The average Bonchev–Trinajstić information content (AvgIpc) is 3.28. The summed E-state index contributed by atoms with van der Waals surface area (Å²) < 4.78 is 0. The fourth-order valence-electron chi connectivity index (χ4n) is 6.10. The summed E-state index contributed by atoms with van der Waals surface area (Å²) in [6, 6.07) is 32.0. The molecule has 0 saturated carbocycles. The van der Waals surface area contributed by atoms with Gasteiger partial charge in [0.1, 0.15) is 0 Å². The van der Waals surface area contributed by atoms with Crippen LogP contribution in [-0.2, 0) is 10.8 Å². The van der Waals surface area contributed by atoms with Gasteiger partial charge in [0.15, 0.2) is 0 Å². The largest absolute Gasteiger partial charge is 0.246 e. The Bertz CT molecular complexity index is 1570. The monoisotopic (exact) mass is 465 g/mol. The van der Waals surface area contributed by atoms with E-state index in [1.54, 1.807) is 0 Å². The van der Waals surface area contributed by atoms with E-state index in [0.29, 0.717) is 0 Å². The van der Waals surface area contributed by atoms with Crippen molar-refractivity contribution < 1.29 is 0 Å². The molecule has 0 atom stereocenters. The van der Waals surface area contributed by atoms with E-state index in [9.17, 15) is 0 Å². The summed E-state index contributed by atoms with van der Waals surface area (Å²) in [6.07, 6.45) is 0. The highest BCUT2D eigenvalue weighted by Gasteiger charge is 2.37. The van der Waals surface area contributed by atoms with Gasteiger partial charge in [-0.25, -0.2) is 15.0 Å². The molecule has 2 aliphatic rings. The number of hydrogen-bond donors (Lipinski definition) is 0. The second-order valence-electron chi connectivity index (χ2n) is 10.9. The quantitative estimate of drug-likeness (QED) is 0.267. The van der Waals surface area contributed by atoms with Crippen molar-refractivity contribution in [2.24, 2.45) is 0 Å². The highest BCUT2D eigenvalue weighted by molar-refractivity contribution is 5.81. The van der Waals surface area contributed by atoms with Crippen LogP contribution in [-0.4, -0.2) is 15.0 Å². The number of pyridine rings is 3. The van der Waals surface area contributed by atoms with Gasteiger partial charge in [-0.2, -0.15) is 0 Å². The average molecular weight is 466 g/mol. The molecule has 0 amide bonds. The van der Waals surface area contributed by atoms with Crippen molar-refractivity contribution in [1.82, 2.24) is 15.0 Å². The second kappa shape index (κ2) is 7.20. The second-order valence-corrected chi connectivity index (χ2v) is 10.9. The van der Waals surface area contributed by atoms with E-state index in [2.05, 4.69) is 107 Å². The molecule has 5 aromatic rings. The Kier molecular flexibility index (Phi) is 4.24. The molecule has 36 heavy (non-hydrogen) atoms. The van der Waals surface area contributed by atoms with Crippen molar-refractivity contribution in [1.29, 1.82) is 0 Å². The molecule has 0 bridgehead atoms. The molecule has 174 valence electrons. The zero-order chi connectivity index (χ0) is 24.7. The first-order valence-electron chi connectivity index (χ1n) is 12.6. The highest BCUT2D eigenvalue weighted by Crippen LogP contribution is 2.49. The highest BCUT2D eigenvalue weighted by atomic mass is 14.8. The number of rotatable bonds is 2. The smallest absolute Gasteiger partial charge is 0.0894 e. The lowest BCUT2D eigenvalue weighted by Gasteiger charge is -2.21. The summed E-state index contributed by atoms with van der Waals surface area (Å²) in [7, 11) is 0. The third kappa shape index (κ3) is 2.83. The van der Waals surface area contributed by atoms with Gasteiger partial charge in [0, 0.05) is 22.0 Å². The minimum absolute atomic E-state index is 0.0505. The van der Waals surface area contributed by atoms with Crippen molar-refractivity contribution in [2.45, 2.75) is 38.5 Å². The molecule has 3 aromatic heterocycles. The van der Waals surface area contributed by atoms with Crippen LogP contribution >= 0.6 is 0 Å². The van der Waals surface area contributed by atoms with Gasteiger partial charge in [0.2, 0.25) is 0 Å². The molecule has 7 rings (SSSR count). The first-order chi connectivity index (χ1) is 17.4.